The zero-order valence-electron chi connectivity index (χ0n) is 14.8. The zero-order valence-corrected chi connectivity index (χ0v) is 15.6. The third-order valence-corrected chi connectivity index (χ3v) is 4.99. The summed E-state index contributed by atoms with van der Waals surface area (Å²) < 4.78 is 5.70. The largest absolute Gasteiger partial charge is 0.442 e. The third-order valence-electron chi connectivity index (χ3n) is 4.08. The van der Waals surface area contributed by atoms with Crippen molar-refractivity contribution in [2.75, 3.05) is 0 Å². The number of carbonyl (C=O) groups is 1. The van der Waals surface area contributed by atoms with Gasteiger partial charge in [-0.3, -0.25) is 14.3 Å². The molecule has 0 bridgehead atoms. The van der Waals surface area contributed by atoms with Crippen LogP contribution in [0.4, 0.5) is 0 Å². The van der Waals surface area contributed by atoms with E-state index in [0.717, 1.165) is 10.1 Å². The Balaban J connectivity index is 1.61. The first-order chi connectivity index (χ1) is 14.2. The Morgan fingerprint density at radius 1 is 1.24 bits per heavy atom. The van der Waals surface area contributed by atoms with E-state index in [1.165, 1.54) is 29.9 Å². The topological polar surface area (TPSA) is 128 Å². The predicted molar refractivity (Wildman–Crippen MR) is 103 cm³/mol. The van der Waals surface area contributed by atoms with Gasteiger partial charge in [-0.1, -0.05) is 35.5 Å². The van der Waals surface area contributed by atoms with E-state index in [1.54, 1.807) is 5.38 Å². The molecule has 3 heterocycles. The first-order valence-electron chi connectivity index (χ1n) is 8.43. The average Bonchev–Trinajstić information content (AvgIpc) is 3.38. The number of benzene rings is 1. The van der Waals surface area contributed by atoms with Crippen molar-refractivity contribution in [3.05, 3.63) is 69.9 Å². The molecule has 0 spiro atoms. The molecule has 4 aromatic rings. The van der Waals surface area contributed by atoms with E-state index in [4.69, 9.17) is 0 Å². The van der Waals surface area contributed by atoms with Gasteiger partial charge >= 0.3 is 5.76 Å². The minimum atomic E-state index is -1.12. The van der Waals surface area contributed by atoms with Crippen molar-refractivity contribution in [1.29, 1.82) is 5.26 Å². The molecule has 29 heavy (non-hydrogen) atoms. The molecular weight excluding hydrogens is 392 g/mol. The van der Waals surface area contributed by atoms with Gasteiger partial charge in [-0.25, -0.2) is 19.3 Å². The molecule has 4 rings (SSSR count). The number of hydrogen-bond acceptors (Lipinski definition) is 9. The maximum atomic E-state index is 12.8. The normalized spacial score (nSPS) is 11.7. The van der Waals surface area contributed by atoms with Gasteiger partial charge in [-0.05, 0) is 0 Å². The molecular formula is C19H12N6O3S. The number of rotatable bonds is 6. The molecule has 0 N–H and O–H groups in total. The Morgan fingerprint density at radius 3 is 2.79 bits per heavy atom. The van der Waals surface area contributed by atoms with Gasteiger partial charge in [-0.15, -0.1) is 11.3 Å². The van der Waals surface area contributed by atoms with E-state index in [-0.39, 0.29) is 11.5 Å². The number of hydrogen-bond donors (Lipinski definition) is 0. The van der Waals surface area contributed by atoms with E-state index < -0.39 is 24.0 Å². The minimum Gasteiger partial charge on any atom is -0.296 e. The molecule has 0 saturated carbocycles. The molecule has 0 fully saturated rings. The van der Waals surface area contributed by atoms with Crippen molar-refractivity contribution in [1.82, 2.24) is 24.7 Å². The fourth-order valence-electron chi connectivity index (χ4n) is 2.68. The smallest absolute Gasteiger partial charge is 0.296 e. The number of ketones is 1. The molecule has 10 heteroatoms. The van der Waals surface area contributed by atoms with Gasteiger partial charge in [0, 0.05) is 23.3 Å². The monoisotopic (exact) mass is 404 g/mol. The lowest BCUT2D eigenvalue weighted by atomic mass is 10.1. The fourth-order valence-corrected chi connectivity index (χ4v) is 3.57. The summed E-state index contributed by atoms with van der Waals surface area (Å²) in [4.78, 5) is 37.2. The Labute approximate surface area is 167 Å². The summed E-state index contributed by atoms with van der Waals surface area (Å²) >= 11 is 1.22. The number of Topliss-reactive ketones (excluding diaryl/α,β-unsaturated/α-hetero) is 1. The van der Waals surface area contributed by atoms with Crippen LogP contribution in [0.2, 0.25) is 0 Å². The zero-order chi connectivity index (χ0) is 20.2. The average molecular weight is 404 g/mol. The van der Waals surface area contributed by atoms with Gasteiger partial charge in [0.2, 0.25) is 5.82 Å². The fraction of sp³-hybridized carbons (Fsp3) is 0.105. The van der Waals surface area contributed by atoms with Crippen LogP contribution in [0.25, 0.3) is 22.8 Å². The van der Waals surface area contributed by atoms with Crippen molar-refractivity contribution in [2.45, 2.75) is 12.5 Å². The molecule has 9 nitrogen and oxygen atoms in total. The lowest BCUT2D eigenvalue weighted by Crippen LogP contribution is -2.24. The molecule has 0 aliphatic carbocycles. The van der Waals surface area contributed by atoms with Crippen molar-refractivity contribution < 1.29 is 9.32 Å². The van der Waals surface area contributed by atoms with E-state index in [2.05, 4.69) is 24.6 Å². The maximum Gasteiger partial charge on any atom is 0.442 e. The van der Waals surface area contributed by atoms with Crippen molar-refractivity contribution >= 4 is 17.1 Å². The second-order valence-electron chi connectivity index (χ2n) is 5.91. The second kappa shape index (κ2) is 7.95. The lowest BCUT2D eigenvalue weighted by molar-refractivity contribution is -0.120. The van der Waals surface area contributed by atoms with Crippen LogP contribution in [0.3, 0.4) is 0 Å². The molecule has 0 aliphatic heterocycles. The highest BCUT2D eigenvalue weighted by Gasteiger charge is 2.27. The highest BCUT2D eigenvalue weighted by Crippen LogP contribution is 2.27. The molecule has 0 amide bonds. The molecule has 0 saturated heterocycles. The highest BCUT2D eigenvalue weighted by molar-refractivity contribution is 7.10. The first-order valence-corrected chi connectivity index (χ1v) is 9.31. The summed E-state index contributed by atoms with van der Waals surface area (Å²) in [6.07, 6.45) is 4.29. The Kier molecular flexibility index (Phi) is 5.05. The predicted octanol–water partition coefficient (Wildman–Crippen LogP) is 2.29. The molecule has 1 unspecified atom stereocenters. The van der Waals surface area contributed by atoms with Crippen LogP contribution in [0.1, 0.15) is 10.9 Å². The Morgan fingerprint density at radius 2 is 2.07 bits per heavy atom. The molecule has 0 aliphatic rings. The summed E-state index contributed by atoms with van der Waals surface area (Å²) in [5.74, 6) is -2.37. The van der Waals surface area contributed by atoms with Gasteiger partial charge < -0.3 is 0 Å². The first kappa shape index (κ1) is 18.4. The van der Waals surface area contributed by atoms with Crippen LogP contribution < -0.4 is 5.76 Å². The van der Waals surface area contributed by atoms with Crippen molar-refractivity contribution in [3.63, 3.8) is 0 Å². The van der Waals surface area contributed by atoms with Crippen LogP contribution in [-0.4, -0.2) is 30.5 Å². The number of nitrogens with zero attached hydrogens (tertiary/aromatic N) is 6. The van der Waals surface area contributed by atoms with Crippen LogP contribution in [0, 0.1) is 11.3 Å². The van der Waals surface area contributed by atoms with Crippen LogP contribution in [0.15, 0.2) is 63.6 Å². The quantitative estimate of drug-likeness (QED) is 0.479. The molecule has 0 radical (unpaired) electrons. The summed E-state index contributed by atoms with van der Waals surface area (Å²) in [5, 5.41) is 15.4. The summed E-state index contributed by atoms with van der Waals surface area (Å²) in [6, 6.07) is 11.4. The summed E-state index contributed by atoms with van der Waals surface area (Å²) in [7, 11) is 0. The van der Waals surface area contributed by atoms with E-state index in [9.17, 15) is 14.9 Å². The number of aromatic nitrogens is 5. The summed E-state index contributed by atoms with van der Waals surface area (Å²) in [5.41, 5.74) is 1.85. The van der Waals surface area contributed by atoms with E-state index in [1.807, 2.05) is 36.4 Å². The van der Waals surface area contributed by atoms with Gasteiger partial charge in [0.15, 0.2) is 11.7 Å². The number of nitriles is 1. The molecule has 3 aromatic heterocycles. The molecule has 1 aromatic carbocycles. The van der Waals surface area contributed by atoms with Gasteiger partial charge in [0.05, 0.1) is 24.5 Å². The SMILES string of the molecule is N#CC(C(=O)Cn1c(-c2cnccn2)noc1=O)c1nc(-c2ccccc2)cs1. The number of carbonyl (C=O) groups excluding carboxylic acids is 1. The number of thiazole rings is 1. The Hall–Kier alpha value is -3.97. The highest BCUT2D eigenvalue weighted by atomic mass is 32.1. The van der Waals surface area contributed by atoms with Crippen molar-refractivity contribution in [3.8, 4) is 28.8 Å². The van der Waals surface area contributed by atoms with E-state index >= 15 is 0 Å². The minimum absolute atomic E-state index is 0.0669. The van der Waals surface area contributed by atoms with Gasteiger partial charge in [-0.2, -0.15) is 5.26 Å². The summed E-state index contributed by atoms with van der Waals surface area (Å²) in [6.45, 7) is -0.396. The second-order valence-corrected chi connectivity index (χ2v) is 6.80. The van der Waals surface area contributed by atoms with Crippen LogP contribution >= 0.6 is 11.3 Å². The van der Waals surface area contributed by atoms with Crippen LogP contribution in [-0.2, 0) is 11.3 Å². The lowest BCUT2D eigenvalue weighted by Gasteiger charge is -2.06. The maximum absolute atomic E-state index is 12.8. The molecule has 1 atom stereocenters. The van der Waals surface area contributed by atoms with Crippen LogP contribution in [0.5, 0.6) is 0 Å². The third kappa shape index (κ3) is 3.71. The van der Waals surface area contributed by atoms with E-state index in [0.29, 0.717) is 10.7 Å². The standard InChI is InChI=1S/C19H12N6O3S/c20-8-13(18-23-15(11-29-18)12-4-2-1-3-5-12)16(26)10-25-17(24-28-19(25)27)14-9-21-6-7-22-14/h1-7,9,11,13H,10H2. The Bertz CT molecular complexity index is 1240. The molecule has 142 valence electrons. The van der Waals surface area contributed by atoms with Gasteiger partial charge in [0.25, 0.3) is 0 Å². The van der Waals surface area contributed by atoms with Crippen molar-refractivity contribution in [2.24, 2.45) is 0 Å². The van der Waals surface area contributed by atoms with Gasteiger partial charge in [0.1, 0.15) is 10.7 Å².